The molecule has 204 valence electrons. The summed E-state index contributed by atoms with van der Waals surface area (Å²) in [5, 5.41) is 6.46. The molecule has 6 rings (SSSR count). The maximum atomic E-state index is 13.1. The van der Waals surface area contributed by atoms with Gasteiger partial charge < -0.3 is 20.1 Å². The molecule has 1 saturated heterocycles. The van der Waals surface area contributed by atoms with Crippen molar-refractivity contribution in [1.82, 2.24) is 24.4 Å². The molecular formula is C31H34N8O. The number of allylic oxidation sites excluding steroid dienone is 1. The molecule has 1 amide bonds. The first kappa shape index (κ1) is 25.8. The Balaban J connectivity index is 1.27. The van der Waals surface area contributed by atoms with Gasteiger partial charge in [-0.05, 0) is 43.1 Å². The van der Waals surface area contributed by atoms with E-state index in [1.165, 1.54) is 0 Å². The number of carbonyl (C=O) groups excluding carboxylic acids is 1. The fourth-order valence-corrected chi connectivity index (χ4v) is 5.91. The second kappa shape index (κ2) is 10.9. The lowest BCUT2D eigenvalue weighted by molar-refractivity contribution is 0.102. The molecule has 1 fully saturated rings. The van der Waals surface area contributed by atoms with Gasteiger partial charge in [0.15, 0.2) is 17.0 Å². The molecule has 0 spiro atoms. The van der Waals surface area contributed by atoms with E-state index in [4.69, 9.17) is 9.97 Å². The topological polar surface area (TPSA) is 91.2 Å². The van der Waals surface area contributed by atoms with Gasteiger partial charge in [-0.1, -0.05) is 48.6 Å². The first-order valence-corrected chi connectivity index (χ1v) is 13.7. The van der Waals surface area contributed by atoms with Crippen LogP contribution in [0.15, 0.2) is 80.2 Å². The van der Waals surface area contributed by atoms with Crippen LogP contribution in [-0.4, -0.2) is 63.0 Å². The lowest BCUT2D eigenvalue weighted by atomic mass is 9.91. The molecule has 2 aromatic carbocycles. The SMILES string of the molecule is C=CCNc1nc(N2CCC(N(C)C3c4ccccc4NC(=O)c4ccccc43)CC2)nc2c1ncn2CC=C. The highest BCUT2D eigenvalue weighted by molar-refractivity contribution is 6.07. The van der Waals surface area contributed by atoms with Gasteiger partial charge in [-0.3, -0.25) is 9.69 Å². The van der Waals surface area contributed by atoms with Crippen LogP contribution >= 0.6 is 0 Å². The molecule has 0 saturated carbocycles. The molecule has 1 unspecified atom stereocenters. The standard InChI is InChI=1S/C31H34N8O/c1-4-16-32-28-26-29(39(17-5-2)20-33-26)36-31(35-28)38-18-14-21(15-19-38)37(3)27-22-10-6-7-11-23(22)30(40)34-25-13-9-8-12-24(25)27/h4-13,20-21,27H,1-2,14-19H2,3H3,(H,34,40)(H,32,35,36). The van der Waals surface area contributed by atoms with Crippen LogP contribution in [0, 0.1) is 0 Å². The molecule has 9 nitrogen and oxygen atoms in total. The Hall–Kier alpha value is -4.50. The third-order valence-electron chi connectivity index (χ3n) is 7.93. The number of carbonyl (C=O) groups is 1. The van der Waals surface area contributed by atoms with E-state index in [9.17, 15) is 4.79 Å². The number of para-hydroxylation sites is 1. The molecule has 1 atom stereocenters. The number of nitrogens with zero attached hydrogens (tertiary/aromatic N) is 6. The number of amides is 1. The van der Waals surface area contributed by atoms with E-state index in [0.717, 1.165) is 59.5 Å². The van der Waals surface area contributed by atoms with Crippen LogP contribution in [0.5, 0.6) is 0 Å². The van der Waals surface area contributed by atoms with Gasteiger partial charge in [0.2, 0.25) is 5.95 Å². The summed E-state index contributed by atoms with van der Waals surface area (Å²) >= 11 is 0. The smallest absolute Gasteiger partial charge is 0.256 e. The minimum absolute atomic E-state index is 0.0292. The largest absolute Gasteiger partial charge is 0.365 e. The first-order valence-electron chi connectivity index (χ1n) is 13.7. The number of benzene rings is 2. The minimum Gasteiger partial charge on any atom is -0.365 e. The fourth-order valence-electron chi connectivity index (χ4n) is 5.91. The number of imidazole rings is 1. The summed E-state index contributed by atoms with van der Waals surface area (Å²) < 4.78 is 1.99. The monoisotopic (exact) mass is 534 g/mol. The number of hydrogen-bond acceptors (Lipinski definition) is 7. The molecule has 0 aliphatic carbocycles. The Bertz CT molecular complexity index is 1570. The average Bonchev–Trinajstić information content (AvgIpc) is 3.34. The molecular weight excluding hydrogens is 500 g/mol. The number of hydrogen-bond donors (Lipinski definition) is 2. The molecule has 4 heterocycles. The van der Waals surface area contributed by atoms with E-state index in [0.29, 0.717) is 30.9 Å². The third kappa shape index (κ3) is 4.62. The van der Waals surface area contributed by atoms with Crippen LogP contribution in [0.3, 0.4) is 0 Å². The maximum Gasteiger partial charge on any atom is 0.256 e. The zero-order valence-electron chi connectivity index (χ0n) is 22.8. The van der Waals surface area contributed by atoms with E-state index in [1.54, 1.807) is 6.33 Å². The van der Waals surface area contributed by atoms with Crippen LogP contribution < -0.4 is 15.5 Å². The van der Waals surface area contributed by atoms with Gasteiger partial charge in [0.05, 0.1) is 12.4 Å². The molecule has 4 aromatic rings. The maximum absolute atomic E-state index is 13.1. The molecule has 40 heavy (non-hydrogen) atoms. The molecule has 0 radical (unpaired) electrons. The molecule has 0 bridgehead atoms. The number of piperidine rings is 1. The molecule has 2 aliphatic rings. The quantitative estimate of drug-likeness (QED) is 0.312. The Morgan fingerprint density at radius 3 is 2.58 bits per heavy atom. The summed E-state index contributed by atoms with van der Waals surface area (Å²) in [7, 11) is 2.18. The van der Waals surface area contributed by atoms with Crippen LogP contribution in [0.4, 0.5) is 17.5 Å². The zero-order chi connectivity index (χ0) is 27.6. The molecule has 2 N–H and O–H groups in total. The number of fused-ring (bicyclic) bond motifs is 3. The Morgan fingerprint density at radius 1 is 1.05 bits per heavy atom. The summed E-state index contributed by atoms with van der Waals surface area (Å²) in [5.41, 5.74) is 5.29. The fraction of sp³-hybridized carbons (Fsp3) is 0.290. The summed E-state index contributed by atoms with van der Waals surface area (Å²) in [6.45, 7) is 10.6. The highest BCUT2D eigenvalue weighted by Gasteiger charge is 2.34. The number of anilines is 3. The second-order valence-electron chi connectivity index (χ2n) is 10.3. The van der Waals surface area contributed by atoms with E-state index in [-0.39, 0.29) is 11.9 Å². The van der Waals surface area contributed by atoms with Gasteiger partial charge in [-0.15, -0.1) is 13.2 Å². The Kier molecular flexibility index (Phi) is 7.04. The minimum atomic E-state index is -0.0575. The van der Waals surface area contributed by atoms with E-state index in [2.05, 4.69) is 57.8 Å². The molecule has 2 aromatic heterocycles. The van der Waals surface area contributed by atoms with E-state index in [1.807, 2.05) is 53.1 Å². The van der Waals surface area contributed by atoms with Crippen molar-refractivity contribution >= 4 is 34.5 Å². The van der Waals surface area contributed by atoms with Crippen LogP contribution in [0.2, 0.25) is 0 Å². The van der Waals surface area contributed by atoms with Crippen LogP contribution in [0.1, 0.15) is 40.4 Å². The van der Waals surface area contributed by atoms with Gasteiger partial charge in [-0.25, -0.2) is 4.98 Å². The average molecular weight is 535 g/mol. The normalized spacial score (nSPS) is 17.2. The Labute approximate surface area is 234 Å². The summed E-state index contributed by atoms with van der Waals surface area (Å²) in [5.74, 6) is 1.36. The van der Waals surface area contributed by atoms with Crippen molar-refractivity contribution in [1.29, 1.82) is 0 Å². The first-order chi connectivity index (χ1) is 19.6. The lowest BCUT2D eigenvalue weighted by Gasteiger charge is -2.41. The second-order valence-corrected chi connectivity index (χ2v) is 10.3. The van der Waals surface area contributed by atoms with Crippen molar-refractivity contribution in [3.8, 4) is 0 Å². The van der Waals surface area contributed by atoms with Gasteiger partial charge in [0, 0.05) is 43.5 Å². The summed E-state index contributed by atoms with van der Waals surface area (Å²) in [4.78, 5) is 32.1. The highest BCUT2D eigenvalue weighted by Crippen LogP contribution is 2.39. The number of nitrogens with one attached hydrogen (secondary N) is 2. The van der Waals surface area contributed by atoms with Crippen LogP contribution in [0.25, 0.3) is 11.2 Å². The van der Waals surface area contributed by atoms with Crippen molar-refractivity contribution in [2.24, 2.45) is 0 Å². The predicted octanol–water partition coefficient (Wildman–Crippen LogP) is 4.87. The predicted molar refractivity (Wildman–Crippen MR) is 160 cm³/mol. The van der Waals surface area contributed by atoms with Crippen molar-refractivity contribution in [2.45, 2.75) is 31.5 Å². The summed E-state index contributed by atoms with van der Waals surface area (Å²) in [6.07, 6.45) is 7.33. The van der Waals surface area contributed by atoms with Crippen molar-refractivity contribution in [2.75, 3.05) is 42.2 Å². The molecule has 9 heteroatoms. The number of rotatable bonds is 8. The third-order valence-corrected chi connectivity index (χ3v) is 7.93. The van der Waals surface area contributed by atoms with Crippen molar-refractivity contribution in [3.63, 3.8) is 0 Å². The van der Waals surface area contributed by atoms with Gasteiger partial charge in [-0.2, -0.15) is 9.97 Å². The van der Waals surface area contributed by atoms with Gasteiger partial charge in [0.25, 0.3) is 5.91 Å². The highest BCUT2D eigenvalue weighted by atomic mass is 16.1. The van der Waals surface area contributed by atoms with E-state index < -0.39 is 0 Å². The van der Waals surface area contributed by atoms with Crippen LogP contribution in [-0.2, 0) is 6.54 Å². The van der Waals surface area contributed by atoms with Crippen molar-refractivity contribution in [3.05, 3.63) is 96.9 Å². The van der Waals surface area contributed by atoms with Crippen molar-refractivity contribution < 1.29 is 4.79 Å². The van der Waals surface area contributed by atoms with E-state index >= 15 is 0 Å². The Morgan fingerprint density at radius 2 is 1.80 bits per heavy atom. The number of aromatic nitrogens is 4. The molecule has 2 aliphatic heterocycles. The zero-order valence-corrected chi connectivity index (χ0v) is 22.8. The summed E-state index contributed by atoms with van der Waals surface area (Å²) in [6, 6.07) is 16.4. The van der Waals surface area contributed by atoms with Gasteiger partial charge in [0.1, 0.15) is 0 Å². The van der Waals surface area contributed by atoms with Gasteiger partial charge >= 0.3 is 0 Å². The lowest BCUT2D eigenvalue weighted by Crippen LogP contribution is -2.45.